The molecule has 1 heterocycles. The van der Waals surface area contributed by atoms with Gasteiger partial charge in [0, 0.05) is 22.3 Å². The van der Waals surface area contributed by atoms with Crippen LogP contribution in [0, 0.1) is 0 Å². The molecule has 16 heavy (non-hydrogen) atoms. The summed E-state index contributed by atoms with van der Waals surface area (Å²) in [6.07, 6.45) is 2.19. The molecule has 0 radical (unpaired) electrons. The first-order chi connectivity index (χ1) is 7.50. The number of carbonyl (C=O) groups is 1. The van der Waals surface area contributed by atoms with Gasteiger partial charge in [0.25, 0.3) is 0 Å². The zero-order chi connectivity index (χ0) is 12.2. The Morgan fingerprint density at radius 3 is 2.56 bits per heavy atom. The second kappa shape index (κ2) is 5.46. The molecule has 1 aromatic heterocycles. The van der Waals surface area contributed by atoms with E-state index in [1.807, 2.05) is 11.4 Å². The Balaban J connectivity index is 2.57. The molecule has 1 amide bonds. The maximum atomic E-state index is 10.9. The van der Waals surface area contributed by atoms with Crippen LogP contribution in [0.5, 0.6) is 0 Å². The normalized spacial score (nSPS) is 11.7. The summed E-state index contributed by atoms with van der Waals surface area (Å²) in [5.41, 5.74) is 5.99. The van der Waals surface area contributed by atoms with Crippen LogP contribution in [0.3, 0.4) is 0 Å². The monoisotopic (exact) mass is 240 g/mol. The summed E-state index contributed by atoms with van der Waals surface area (Å²) < 4.78 is 0. The van der Waals surface area contributed by atoms with Crippen molar-refractivity contribution in [2.75, 3.05) is 0 Å². The van der Waals surface area contributed by atoms with Crippen LogP contribution in [0.4, 0.5) is 0 Å². The van der Waals surface area contributed by atoms with Crippen LogP contribution in [0.1, 0.15) is 48.8 Å². The zero-order valence-electron chi connectivity index (χ0n) is 10.2. The van der Waals surface area contributed by atoms with E-state index in [4.69, 9.17) is 5.73 Å². The van der Waals surface area contributed by atoms with E-state index in [-0.39, 0.29) is 11.4 Å². The van der Waals surface area contributed by atoms with Gasteiger partial charge in [0.2, 0.25) is 5.91 Å². The highest BCUT2D eigenvalue weighted by Gasteiger charge is 2.18. The van der Waals surface area contributed by atoms with E-state index in [1.165, 1.54) is 0 Å². The Morgan fingerprint density at radius 1 is 1.50 bits per heavy atom. The lowest BCUT2D eigenvalue weighted by Crippen LogP contribution is -2.40. The molecule has 3 N–H and O–H groups in total. The van der Waals surface area contributed by atoms with E-state index >= 15 is 0 Å². The zero-order valence-corrected chi connectivity index (χ0v) is 11.0. The van der Waals surface area contributed by atoms with Crippen molar-refractivity contribution in [3.05, 3.63) is 21.9 Å². The lowest BCUT2D eigenvalue weighted by Gasteiger charge is -2.28. The topological polar surface area (TPSA) is 55.1 Å². The highest BCUT2D eigenvalue weighted by atomic mass is 32.1. The largest absolute Gasteiger partial charge is 0.366 e. The maximum absolute atomic E-state index is 10.9. The molecule has 0 aromatic carbocycles. The molecule has 0 bridgehead atoms. The first-order valence-electron chi connectivity index (χ1n) is 5.63. The molecule has 0 unspecified atom stereocenters. The fourth-order valence-corrected chi connectivity index (χ4v) is 2.22. The van der Waals surface area contributed by atoms with Gasteiger partial charge in [0.15, 0.2) is 0 Å². The van der Waals surface area contributed by atoms with Gasteiger partial charge >= 0.3 is 0 Å². The van der Waals surface area contributed by atoms with Crippen LogP contribution in [0.15, 0.2) is 11.4 Å². The molecular formula is C12H20N2OS. The smallest absolute Gasteiger partial charge is 0.249 e. The average Bonchev–Trinajstić information content (AvgIpc) is 2.75. The van der Waals surface area contributed by atoms with Crippen molar-refractivity contribution >= 4 is 17.2 Å². The first-order valence-corrected chi connectivity index (χ1v) is 6.51. The van der Waals surface area contributed by atoms with Crippen molar-refractivity contribution in [2.24, 2.45) is 5.73 Å². The number of thiophene rings is 1. The van der Waals surface area contributed by atoms with E-state index in [2.05, 4.69) is 26.1 Å². The molecule has 0 spiro atoms. The van der Waals surface area contributed by atoms with Gasteiger partial charge in [-0.05, 0) is 25.8 Å². The van der Waals surface area contributed by atoms with E-state index in [1.54, 1.807) is 11.3 Å². The van der Waals surface area contributed by atoms with Crippen molar-refractivity contribution < 1.29 is 4.79 Å². The first kappa shape index (κ1) is 13.2. The van der Waals surface area contributed by atoms with E-state index in [0.29, 0.717) is 5.56 Å². The molecule has 3 nitrogen and oxygen atoms in total. The molecule has 1 aromatic rings. The highest BCUT2D eigenvalue weighted by molar-refractivity contribution is 7.10. The van der Waals surface area contributed by atoms with Crippen LogP contribution < -0.4 is 11.1 Å². The minimum atomic E-state index is -0.351. The SMILES string of the molecule is CCC(C)(CC)NCc1cc(C(N)=O)cs1. The van der Waals surface area contributed by atoms with Gasteiger partial charge in [-0.3, -0.25) is 4.79 Å². The van der Waals surface area contributed by atoms with Crippen LogP contribution in [-0.2, 0) is 6.54 Å². The Morgan fingerprint density at radius 2 is 2.12 bits per heavy atom. The summed E-state index contributed by atoms with van der Waals surface area (Å²) in [5, 5.41) is 5.34. The van der Waals surface area contributed by atoms with E-state index < -0.39 is 0 Å². The second-order valence-electron chi connectivity index (χ2n) is 4.29. The molecule has 90 valence electrons. The number of carbonyl (C=O) groups excluding carboxylic acids is 1. The number of hydrogen-bond acceptors (Lipinski definition) is 3. The summed E-state index contributed by atoms with van der Waals surface area (Å²) in [6.45, 7) is 7.38. The number of rotatable bonds is 6. The Bertz CT molecular complexity index is 356. The molecule has 4 heteroatoms. The minimum Gasteiger partial charge on any atom is -0.366 e. The van der Waals surface area contributed by atoms with Crippen LogP contribution in [0.25, 0.3) is 0 Å². The molecule has 0 aliphatic carbocycles. The third-order valence-corrected chi connectivity index (χ3v) is 4.13. The Hall–Kier alpha value is -0.870. The van der Waals surface area contributed by atoms with Crippen LogP contribution in [-0.4, -0.2) is 11.4 Å². The number of nitrogens with one attached hydrogen (secondary N) is 1. The summed E-state index contributed by atoms with van der Waals surface area (Å²) >= 11 is 1.58. The third kappa shape index (κ3) is 3.32. The molecule has 0 atom stereocenters. The molecule has 0 aliphatic rings. The van der Waals surface area contributed by atoms with Gasteiger partial charge in [0.05, 0.1) is 5.56 Å². The quantitative estimate of drug-likeness (QED) is 0.802. The fourth-order valence-electron chi connectivity index (χ4n) is 1.40. The lowest BCUT2D eigenvalue weighted by molar-refractivity contribution is 0.100. The Labute approximate surface area is 101 Å². The number of primary amides is 1. The summed E-state index contributed by atoms with van der Waals surface area (Å²) in [4.78, 5) is 12.1. The van der Waals surface area contributed by atoms with Gasteiger partial charge in [-0.25, -0.2) is 0 Å². The van der Waals surface area contributed by atoms with Crippen molar-refractivity contribution in [3.63, 3.8) is 0 Å². The summed E-state index contributed by atoms with van der Waals surface area (Å²) in [5.74, 6) is -0.351. The molecular weight excluding hydrogens is 220 g/mol. The predicted octanol–water partition coefficient (Wildman–Crippen LogP) is 2.52. The molecule has 0 fully saturated rings. The van der Waals surface area contributed by atoms with Crippen molar-refractivity contribution in [1.82, 2.24) is 5.32 Å². The second-order valence-corrected chi connectivity index (χ2v) is 5.28. The number of hydrogen-bond donors (Lipinski definition) is 2. The number of amides is 1. The van der Waals surface area contributed by atoms with E-state index in [0.717, 1.165) is 24.3 Å². The van der Waals surface area contributed by atoms with Gasteiger partial charge in [0.1, 0.15) is 0 Å². The third-order valence-electron chi connectivity index (χ3n) is 3.19. The van der Waals surface area contributed by atoms with Gasteiger partial charge < -0.3 is 11.1 Å². The lowest BCUT2D eigenvalue weighted by atomic mass is 9.95. The van der Waals surface area contributed by atoms with Crippen molar-refractivity contribution in [3.8, 4) is 0 Å². The molecule has 0 saturated carbocycles. The van der Waals surface area contributed by atoms with Crippen LogP contribution in [0.2, 0.25) is 0 Å². The average molecular weight is 240 g/mol. The number of nitrogens with two attached hydrogens (primary N) is 1. The highest BCUT2D eigenvalue weighted by Crippen LogP contribution is 2.18. The van der Waals surface area contributed by atoms with Crippen molar-refractivity contribution in [2.45, 2.75) is 45.7 Å². The van der Waals surface area contributed by atoms with Gasteiger partial charge in [-0.2, -0.15) is 0 Å². The molecule has 1 rings (SSSR count). The van der Waals surface area contributed by atoms with Crippen molar-refractivity contribution in [1.29, 1.82) is 0 Å². The Kier molecular flexibility index (Phi) is 4.50. The van der Waals surface area contributed by atoms with E-state index in [9.17, 15) is 4.79 Å². The minimum absolute atomic E-state index is 0.177. The summed E-state index contributed by atoms with van der Waals surface area (Å²) in [7, 11) is 0. The van der Waals surface area contributed by atoms with Crippen LogP contribution >= 0.6 is 11.3 Å². The maximum Gasteiger partial charge on any atom is 0.249 e. The molecule has 0 aliphatic heterocycles. The fraction of sp³-hybridized carbons (Fsp3) is 0.583. The summed E-state index contributed by atoms with van der Waals surface area (Å²) in [6, 6.07) is 1.87. The molecule has 0 saturated heterocycles. The predicted molar refractivity (Wildman–Crippen MR) is 68.7 cm³/mol. The van der Waals surface area contributed by atoms with Gasteiger partial charge in [-0.1, -0.05) is 13.8 Å². The standard InChI is InChI=1S/C12H20N2OS/c1-4-12(3,5-2)14-7-10-6-9(8-16-10)11(13)15/h6,8,14H,4-5,7H2,1-3H3,(H2,13,15). The van der Waals surface area contributed by atoms with Gasteiger partial charge in [-0.15, -0.1) is 11.3 Å².